The number of hydrogen-bond acceptors (Lipinski definition) is 4. The van der Waals surface area contributed by atoms with Crippen LogP contribution < -0.4 is 11.1 Å². The van der Waals surface area contributed by atoms with E-state index < -0.39 is 0 Å². The number of nitrogen functional groups attached to an aromatic ring is 1. The van der Waals surface area contributed by atoms with E-state index in [2.05, 4.69) is 15.5 Å². The van der Waals surface area contributed by atoms with Gasteiger partial charge in [0.25, 0.3) is 5.91 Å². The zero-order chi connectivity index (χ0) is 11.6. The number of aromatic amines is 1. The molecule has 1 heterocycles. The number of anilines is 1. The maximum atomic E-state index is 11.7. The van der Waals surface area contributed by atoms with Crippen molar-refractivity contribution in [2.45, 2.75) is 24.9 Å². The first-order valence-corrected chi connectivity index (χ1v) is 5.29. The molecule has 1 aliphatic carbocycles. The third kappa shape index (κ3) is 2.01. The minimum absolute atomic E-state index is 0.165. The number of nitrogens with one attached hydrogen (secondary N) is 2. The van der Waals surface area contributed by atoms with Crippen LogP contribution in [0.2, 0.25) is 0 Å². The molecule has 6 nitrogen and oxygen atoms in total. The van der Waals surface area contributed by atoms with Crippen LogP contribution in [0.1, 0.15) is 29.8 Å². The lowest BCUT2D eigenvalue weighted by atomic mass is 9.80. The second kappa shape index (κ2) is 4.13. The molecule has 1 aromatic rings. The Morgan fingerprint density at radius 1 is 1.75 bits per heavy atom. The summed E-state index contributed by atoms with van der Waals surface area (Å²) in [5, 5.41) is 9.08. The van der Waals surface area contributed by atoms with E-state index in [-0.39, 0.29) is 11.5 Å². The maximum Gasteiger partial charge on any atom is 0.269 e. The van der Waals surface area contributed by atoms with Crippen molar-refractivity contribution >= 4 is 11.7 Å². The van der Waals surface area contributed by atoms with E-state index in [1.807, 2.05) is 0 Å². The molecule has 6 heteroatoms. The topological polar surface area (TPSA) is 93.0 Å². The van der Waals surface area contributed by atoms with Gasteiger partial charge in [-0.2, -0.15) is 5.10 Å². The summed E-state index contributed by atoms with van der Waals surface area (Å²) in [6, 6.07) is 1.51. The van der Waals surface area contributed by atoms with Crippen LogP contribution in [0.25, 0.3) is 0 Å². The third-order valence-electron chi connectivity index (χ3n) is 3.11. The molecule has 0 radical (unpaired) electrons. The van der Waals surface area contributed by atoms with Gasteiger partial charge in [0.15, 0.2) is 0 Å². The van der Waals surface area contributed by atoms with Crippen molar-refractivity contribution in [1.29, 1.82) is 0 Å². The summed E-state index contributed by atoms with van der Waals surface area (Å²) < 4.78 is 5.40. The van der Waals surface area contributed by atoms with Crippen LogP contribution in [0.5, 0.6) is 0 Å². The van der Waals surface area contributed by atoms with Crippen LogP contribution in [0.15, 0.2) is 6.07 Å². The molecule has 0 unspecified atom stereocenters. The number of nitrogens with zero attached hydrogens (tertiary/aromatic N) is 1. The largest absolute Gasteiger partial charge is 0.382 e. The molecule has 0 atom stereocenters. The average molecular weight is 224 g/mol. The van der Waals surface area contributed by atoms with E-state index in [0.717, 1.165) is 19.3 Å². The number of carbonyl (C=O) groups is 1. The van der Waals surface area contributed by atoms with E-state index >= 15 is 0 Å². The monoisotopic (exact) mass is 224 g/mol. The highest BCUT2D eigenvalue weighted by Gasteiger charge is 2.37. The van der Waals surface area contributed by atoms with Gasteiger partial charge in [-0.05, 0) is 19.3 Å². The summed E-state index contributed by atoms with van der Waals surface area (Å²) in [6.45, 7) is 0.529. The molecule has 1 aliphatic rings. The van der Waals surface area contributed by atoms with Crippen molar-refractivity contribution in [2.24, 2.45) is 0 Å². The third-order valence-corrected chi connectivity index (χ3v) is 3.11. The number of aromatic nitrogens is 2. The molecular weight excluding hydrogens is 208 g/mol. The fraction of sp³-hybridized carbons (Fsp3) is 0.600. The standard InChI is InChI=1S/C10H16N4O2/c1-16-10(3-2-4-10)6-12-9(15)7-5-8(11)14-13-7/h5H,2-4,6H2,1H3,(H,12,15)(H3,11,13,14). The Morgan fingerprint density at radius 2 is 2.50 bits per heavy atom. The lowest BCUT2D eigenvalue weighted by Gasteiger charge is -2.40. The predicted octanol–water partition coefficient (Wildman–Crippen LogP) is 0.291. The number of amides is 1. The molecule has 0 spiro atoms. The first-order chi connectivity index (χ1) is 7.65. The van der Waals surface area contributed by atoms with Crippen LogP contribution >= 0.6 is 0 Å². The molecule has 1 amide bonds. The Labute approximate surface area is 93.5 Å². The number of methoxy groups -OCH3 is 1. The summed E-state index contributed by atoms with van der Waals surface area (Å²) in [7, 11) is 1.68. The molecule has 16 heavy (non-hydrogen) atoms. The van der Waals surface area contributed by atoms with Gasteiger partial charge < -0.3 is 15.8 Å². The van der Waals surface area contributed by atoms with Gasteiger partial charge in [-0.15, -0.1) is 0 Å². The summed E-state index contributed by atoms with van der Waals surface area (Å²) in [4.78, 5) is 11.7. The Hall–Kier alpha value is -1.56. The van der Waals surface area contributed by atoms with Crippen molar-refractivity contribution in [2.75, 3.05) is 19.4 Å². The normalized spacial score (nSPS) is 17.8. The summed E-state index contributed by atoms with van der Waals surface area (Å²) in [5.74, 6) is 0.114. The fourth-order valence-electron chi connectivity index (χ4n) is 1.81. The molecule has 2 rings (SSSR count). The lowest BCUT2D eigenvalue weighted by molar-refractivity contribution is -0.0679. The fourth-order valence-corrected chi connectivity index (χ4v) is 1.81. The van der Waals surface area contributed by atoms with Crippen LogP contribution in [0.4, 0.5) is 5.82 Å². The van der Waals surface area contributed by atoms with Crippen LogP contribution in [-0.4, -0.2) is 35.4 Å². The summed E-state index contributed by atoms with van der Waals surface area (Å²) >= 11 is 0. The van der Waals surface area contributed by atoms with Gasteiger partial charge in [-0.3, -0.25) is 9.89 Å². The van der Waals surface area contributed by atoms with Gasteiger partial charge in [0.05, 0.1) is 5.60 Å². The second-order valence-corrected chi connectivity index (χ2v) is 4.13. The molecule has 4 N–H and O–H groups in total. The van der Waals surface area contributed by atoms with Crippen LogP contribution in [0.3, 0.4) is 0 Å². The molecule has 88 valence electrons. The zero-order valence-electron chi connectivity index (χ0n) is 9.25. The molecule has 1 saturated carbocycles. The first kappa shape index (κ1) is 10.9. The Bertz CT molecular complexity index is 378. The zero-order valence-corrected chi connectivity index (χ0v) is 9.25. The Kier molecular flexibility index (Phi) is 2.82. The van der Waals surface area contributed by atoms with Gasteiger partial charge in [-0.1, -0.05) is 0 Å². The number of nitrogens with two attached hydrogens (primary N) is 1. The van der Waals surface area contributed by atoms with E-state index in [0.29, 0.717) is 18.1 Å². The maximum absolute atomic E-state index is 11.7. The minimum Gasteiger partial charge on any atom is -0.382 e. The molecule has 1 fully saturated rings. The second-order valence-electron chi connectivity index (χ2n) is 4.13. The molecule has 0 saturated heterocycles. The number of H-pyrrole nitrogens is 1. The highest BCUT2D eigenvalue weighted by atomic mass is 16.5. The number of hydrogen-bond donors (Lipinski definition) is 3. The predicted molar refractivity (Wildman–Crippen MR) is 58.9 cm³/mol. The molecule has 0 aromatic carbocycles. The molecular formula is C10H16N4O2. The smallest absolute Gasteiger partial charge is 0.269 e. The molecule has 0 aliphatic heterocycles. The first-order valence-electron chi connectivity index (χ1n) is 5.29. The molecule has 0 bridgehead atoms. The van der Waals surface area contributed by atoms with Crippen molar-refractivity contribution in [3.63, 3.8) is 0 Å². The van der Waals surface area contributed by atoms with E-state index in [1.54, 1.807) is 7.11 Å². The van der Waals surface area contributed by atoms with Crippen LogP contribution in [-0.2, 0) is 4.74 Å². The number of carbonyl (C=O) groups excluding carboxylic acids is 1. The van der Waals surface area contributed by atoms with Gasteiger partial charge in [0.1, 0.15) is 11.5 Å². The van der Waals surface area contributed by atoms with Crippen molar-refractivity contribution in [3.8, 4) is 0 Å². The van der Waals surface area contributed by atoms with E-state index in [1.165, 1.54) is 6.07 Å². The Balaban J connectivity index is 1.88. The van der Waals surface area contributed by atoms with Crippen molar-refractivity contribution in [3.05, 3.63) is 11.8 Å². The summed E-state index contributed by atoms with van der Waals surface area (Å²) in [6.07, 6.45) is 3.14. The summed E-state index contributed by atoms with van der Waals surface area (Å²) in [5.41, 5.74) is 5.63. The van der Waals surface area contributed by atoms with Gasteiger partial charge >= 0.3 is 0 Å². The SMILES string of the molecule is COC1(CNC(=O)c2cc(N)n[nH]2)CCC1. The Morgan fingerprint density at radius 3 is 2.94 bits per heavy atom. The van der Waals surface area contributed by atoms with Crippen molar-refractivity contribution in [1.82, 2.24) is 15.5 Å². The number of ether oxygens (including phenoxy) is 1. The number of rotatable bonds is 4. The molecule has 1 aromatic heterocycles. The van der Waals surface area contributed by atoms with Gasteiger partial charge in [0, 0.05) is 19.7 Å². The average Bonchev–Trinajstić information content (AvgIpc) is 2.64. The van der Waals surface area contributed by atoms with E-state index in [9.17, 15) is 4.79 Å². The lowest BCUT2D eigenvalue weighted by Crippen LogP contribution is -2.49. The quantitative estimate of drug-likeness (QED) is 0.685. The highest BCUT2D eigenvalue weighted by molar-refractivity contribution is 5.92. The minimum atomic E-state index is -0.201. The highest BCUT2D eigenvalue weighted by Crippen LogP contribution is 2.34. The van der Waals surface area contributed by atoms with Crippen molar-refractivity contribution < 1.29 is 9.53 Å². The van der Waals surface area contributed by atoms with Crippen LogP contribution in [0, 0.1) is 0 Å². The van der Waals surface area contributed by atoms with E-state index in [4.69, 9.17) is 10.5 Å². The van der Waals surface area contributed by atoms with Gasteiger partial charge in [-0.25, -0.2) is 0 Å². The van der Waals surface area contributed by atoms with Gasteiger partial charge in [0.2, 0.25) is 0 Å².